The van der Waals surface area contributed by atoms with Crippen LogP contribution in [0.5, 0.6) is 0 Å². The van der Waals surface area contributed by atoms with Gasteiger partial charge in [-0.1, -0.05) is 24.6 Å². The van der Waals surface area contributed by atoms with Crippen molar-refractivity contribution in [2.24, 2.45) is 0 Å². The predicted molar refractivity (Wildman–Crippen MR) is 63.1 cm³/mol. The van der Waals surface area contributed by atoms with Crippen molar-refractivity contribution in [1.82, 2.24) is 25.5 Å². The van der Waals surface area contributed by atoms with Crippen molar-refractivity contribution >= 4 is 11.8 Å². The molecule has 1 aliphatic carbocycles. The fraction of sp³-hybridized carbons (Fsp3) is 0.700. The summed E-state index contributed by atoms with van der Waals surface area (Å²) in [6, 6.07) is 0.531. The first-order chi connectivity index (χ1) is 7.81. The Labute approximate surface area is 99.4 Å². The lowest BCUT2D eigenvalue weighted by molar-refractivity contribution is 0.564. The van der Waals surface area contributed by atoms with Gasteiger partial charge < -0.3 is 5.32 Å². The largest absolute Gasteiger partial charge is 0.305 e. The molecule has 0 aliphatic heterocycles. The molecule has 0 saturated heterocycles. The van der Waals surface area contributed by atoms with Crippen LogP contribution in [-0.2, 0) is 0 Å². The molecule has 0 bridgehead atoms. The summed E-state index contributed by atoms with van der Waals surface area (Å²) in [7, 11) is 0. The van der Waals surface area contributed by atoms with Crippen LogP contribution in [0, 0.1) is 12.3 Å². The van der Waals surface area contributed by atoms with Crippen LogP contribution >= 0.6 is 11.8 Å². The van der Waals surface area contributed by atoms with E-state index in [0.29, 0.717) is 17.8 Å². The summed E-state index contributed by atoms with van der Waals surface area (Å²) in [6.07, 6.45) is 7.56. The van der Waals surface area contributed by atoms with Gasteiger partial charge in [0, 0.05) is 11.8 Å². The molecule has 1 unspecified atom stereocenters. The maximum absolute atomic E-state index is 5.17. The van der Waals surface area contributed by atoms with Crippen LogP contribution < -0.4 is 5.32 Å². The topological polar surface area (TPSA) is 55.6 Å². The summed E-state index contributed by atoms with van der Waals surface area (Å²) in [4.78, 5) is 0. The molecule has 0 radical (unpaired) electrons. The number of thioether (sulfide) groups is 1. The molecule has 1 atom stereocenters. The molecule has 1 aromatic heterocycles. The Morgan fingerprint density at radius 3 is 3.19 bits per heavy atom. The average Bonchev–Trinajstić information content (AvgIpc) is 3.01. The first-order valence-corrected chi connectivity index (χ1v) is 6.28. The highest BCUT2D eigenvalue weighted by Crippen LogP contribution is 2.36. The molecule has 6 heteroatoms. The number of nitrogens with one attached hydrogen (secondary N) is 1. The van der Waals surface area contributed by atoms with Crippen LogP contribution in [-0.4, -0.2) is 38.5 Å². The molecule has 1 N–H and O–H groups in total. The Hall–Kier alpha value is -1.06. The van der Waals surface area contributed by atoms with Gasteiger partial charge in [-0.25, -0.2) is 4.68 Å². The van der Waals surface area contributed by atoms with Crippen LogP contribution in [0.4, 0.5) is 0 Å². The summed E-state index contributed by atoms with van der Waals surface area (Å²) in [5, 5.41) is 16.3. The quantitative estimate of drug-likeness (QED) is 0.449. The zero-order valence-electron chi connectivity index (χ0n) is 9.26. The third-order valence-electron chi connectivity index (χ3n) is 2.32. The van der Waals surface area contributed by atoms with E-state index in [1.54, 1.807) is 11.8 Å². The molecule has 0 amide bonds. The minimum atomic E-state index is 0.414. The number of hydrogen-bond donors (Lipinski definition) is 1. The lowest BCUT2D eigenvalue weighted by Gasteiger charge is -2.10. The predicted octanol–water partition coefficient (Wildman–Crippen LogP) is 0.711. The van der Waals surface area contributed by atoms with Crippen molar-refractivity contribution in [3.05, 3.63) is 0 Å². The maximum atomic E-state index is 5.17. The lowest BCUT2D eigenvalue weighted by atomic mass is 10.4. The van der Waals surface area contributed by atoms with Gasteiger partial charge in [-0.15, -0.1) is 11.5 Å². The van der Waals surface area contributed by atoms with Gasteiger partial charge >= 0.3 is 0 Å². The van der Waals surface area contributed by atoms with E-state index in [0.717, 1.165) is 11.7 Å². The molecule has 1 saturated carbocycles. The van der Waals surface area contributed by atoms with E-state index in [9.17, 15) is 0 Å². The first-order valence-electron chi connectivity index (χ1n) is 5.40. The zero-order valence-corrected chi connectivity index (χ0v) is 10.1. The lowest BCUT2D eigenvalue weighted by Crippen LogP contribution is -2.23. The molecule has 16 heavy (non-hydrogen) atoms. The van der Waals surface area contributed by atoms with E-state index < -0.39 is 0 Å². The number of hydrogen-bond acceptors (Lipinski definition) is 5. The fourth-order valence-corrected chi connectivity index (χ4v) is 2.32. The molecular weight excluding hydrogens is 222 g/mol. The molecule has 1 heterocycles. The second kappa shape index (κ2) is 5.32. The van der Waals surface area contributed by atoms with Crippen molar-refractivity contribution in [2.75, 3.05) is 13.1 Å². The Morgan fingerprint density at radius 1 is 1.69 bits per heavy atom. The summed E-state index contributed by atoms with van der Waals surface area (Å²) in [5.74, 6) is 2.56. The fourth-order valence-electron chi connectivity index (χ4n) is 1.38. The number of nitrogens with zero attached hydrogens (tertiary/aromatic N) is 4. The molecule has 0 spiro atoms. The van der Waals surface area contributed by atoms with Gasteiger partial charge in [0.1, 0.15) is 0 Å². The zero-order chi connectivity index (χ0) is 11.4. The molecular formula is C10H15N5S. The van der Waals surface area contributed by atoms with Gasteiger partial charge in [-0.3, -0.25) is 0 Å². The average molecular weight is 237 g/mol. The highest BCUT2D eigenvalue weighted by atomic mass is 32.2. The summed E-state index contributed by atoms with van der Waals surface area (Å²) in [5.41, 5.74) is 0. The number of terminal acetylenes is 1. The Morgan fingerprint density at radius 2 is 2.50 bits per heavy atom. The van der Waals surface area contributed by atoms with Crippen LogP contribution in [0.3, 0.4) is 0 Å². The second-order valence-electron chi connectivity index (χ2n) is 3.90. The molecule has 86 valence electrons. The van der Waals surface area contributed by atoms with E-state index in [-0.39, 0.29) is 0 Å². The monoisotopic (exact) mass is 237 g/mol. The van der Waals surface area contributed by atoms with Crippen molar-refractivity contribution in [2.45, 2.75) is 36.2 Å². The van der Waals surface area contributed by atoms with Crippen molar-refractivity contribution in [3.63, 3.8) is 0 Å². The van der Waals surface area contributed by atoms with E-state index in [1.165, 1.54) is 12.8 Å². The minimum absolute atomic E-state index is 0.414. The van der Waals surface area contributed by atoms with Crippen LogP contribution in [0.2, 0.25) is 0 Å². The van der Waals surface area contributed by atoms with Gasteiger partial charge in [0.15, 0.2) is 0 Å². The third-order valence-corrected chi connectivity index (χ3v) is 3.37. The molecule has 2 rings (SSSR count). The molecule has 1 aliphatic rings. The highest BCUT2D eigenvalue weighted by Gasteiger charge is 2.28. The van der Waals surface area contributed by atoms with E-state index in [4.69, 9.17) is 6.42 Å². The standard InChI is InChI=1S/C10H15N5S/c1-3-6-11-7-8(2)16-10-12-13-14-15(10)9-4-5-9/h1,8-9,11H,4-7H2,2H3. The summed E-state index contributed by atoms with van der Waals surface area (Å²) >= 11 is 1.69. The Kier molecular flexibility index (Phi) is 3.80. The van der Waals surface area contributed by atoms with Gasteiger partial charge in [0.05, 0.1) is 12.6 Å². The SMILES string of the molecule is C#CCNCC(C)Sc1nnnn1C1CC1. The normalized spacial score (nSPS) is 17.0. The van der Waals surface area contributed by atoms with Crippen LogP contribution in [0.15, 0.2) is 5.16 Å². The Bertz CT molecular complexity index is 379. The number of tetrazole rings is 1. The molecule has 1 fully saturated rings. The highest BCUT2D eigenvalue weighted by molar-refractivity contribution is 7.99. The van der Waals surface area contributed by atoms with Gasteiger partial charge in [0.25, 0.3) is 0 Å². The smallest absolute Gasteiger partial charge is 0.209 e. The number of rotatable bonds is 6. The third kappa shape index (κ3) is 2.97. The van der Waals surface area contributed by atoms with Crippen LogP contribution in [0.1, 0.15) is 25.8 Å². The van der Waals surface area contributed by atoms with Gasteiger partial charge in [-0.2, -0.15) is 0 Å². The maximum Gasteiger partial charge on any atom is 0.209 e. The minimum Gasteiger partial charge on any atom is -0.305 e. The Balaban J connectivity index is 1.83. The summed E-state index contributed by atoms with van der Waals surface area (Å²) in [6.45, 7) is 3.62. The second-order valence-corrected chi connectivity index (χ2v) is 5.31. The van der Waals surface area contributed by atoms with Gasteiger partial charge in [-0.05, 0) is 23.3 Å². The molecule has 5 nitrogen and oxygen atoms in total. The molecule has 1 aromatic rings. The summed E-state index contributed by atoms with van der Waals surface area (Å²) < 4.78 is 1.93. The van der Waals surface area contributed by atoms with Crippen molar-refractivity contribution < 1.29 is 0 Å². The van der Waals surface area contributed by atoms with E-state index in [1.807, 2.05) is 4.68 Å². The van der Waals surface area contributed by atoms with Gasteiger partial charge in [0.2, 0.25) is 5.16 Å². The first kappa shape index (κ1) is 11.4. The molecule has 0 aromatic carbocycles. The van der Waals surface area contributed by atoms with E-state index in [2.05, 4.69) is 33.7 Å². The van der Waals surface area contributed by atoms with E-state index >= 15 is 0 Å². The number of aromatic nitrogens is 4. The van der Waals surface area contributed by atoms with Crippen molar-refractivity contribution in [1.29, 1.82) is 0 Å². The van der Waals surface area contributed by atoms with Crippen molar-refractivity contribution in [3.8, 4) is 12.3 Å². The van der Waals surface area contributed by atoms with Crippen LogP contribution in [0.25, 0.3) is 0 Å².